The number of aldehydes is 1. The molecule has 1 fully saturated rings. The fraction of sp³-hybridized carbons (Fsp3) is 0.545. The minimum atomic E-state index is 0.644. The van der Waals surface area contributed by atoms with Crippen LogP contribution in [0.15, 0.2) is 23.8 Å². The second-order valence-corrected chi connectivity index (χ2v) is 3.97. The van der Waals surface area contributed by atoms with Crippen molar-refractivity contribution in [3.05, 3.63) is 23.8 Å². The van der Waals surface area contributed by atoms with E-state index >= 15 is 0 Å². The summed E-state index contributed by atoms with van der Waals surface area (Å²) in [7, 11) is 0. The van der Waals surface area contributed by atoms with Gasteiger partial charge in [0.1, 0.15) is 6.29 Å². The predicted octanol–water partition coefficient (Wildman–Crippen LogP) is 2.34. The first-order chi connectivity index (χ1) is 5.79. The molecule has 3 unspecified atom stereocenters. The zero-order valence-corrected chi connectivity index (χ0v) is 7.36. The molecule has 1 saturated carbocycles. The van der Waals surface area contributed by atoms with E-state index in [1.54, 1.807) is 0 Å². The van der Waals surface area contributed by atoms with Gasteiger partial charge < -0.3 is 0 Å². The molecule has 1 heteroatoms. The number of hydrogen-bond acceptors (Lipinski definition) is 1. The van der Waals surface area contributed by atoms with Crippen molar-refractivity contribution in [2.75, 3.05) is 0 Å². The minimum Gasteiger partial charge on any atom is -0.298 e. The molecular weight excluding hydrogens is 148 g/mol. The van der Waals surface area contributed by atoms with E-state index in [4.69, 9.17) is 0 Å². The fourth-order valence-electron chi connectivity index (χ4n) is 2.39. The summed E-state index contributed by atoms with van der Waals surface area (Å²) < 4.78 is 0. The summed E-state index contributed by atoms with van der Waals surface area (Å²) in [6, 6.07) is 0. The molecule has 0 spiro atoms. The third-order valence-corrected chi connectivity index (χ3v) is 2.99. The molecule has 0 saturated heterocycles. The third-order valence-electron chi connectivity index (χ3n) is 2.99. The number of carbonyl (C=O) groups is 1. The van der Waals surface area contributed by atoms with E-state index in [0.29, 0.717) is 5.92 Å². The zero-order chi connectivity index (χ0) is 8.55. The van der Waals surface area contributed by atoms with Crippen LogP contribution in [0, 0.1) is 17.8 Å². The summed E-state index contributed by atoms with van der Waals surface area (Å²) >= 11 is 0. The molecule has 64 valence electrons. The molecule has 0 radical (unpaired) electrons. The lowest BCUT2D eigenvalue weighted by Gasteiger charge is -2.13. The highest BCUT2D eigenvalue weighted by atomic mass is 16.1. The van der Waals surface area contributed by atoms with Crippen molar-refractivity contribution in [3.63, 3.8) is 0 Å². The Morgan fingerprint density at radius 2 is 2.25 bits per heavy atom. The molecule has 2 bridgehead atoms. The highest BCUT2D eigenvalue weighted by Gasteiger charge is 2.33. The van der Waals surface area contributed by atoms with Crippen LogP contribution < -0.4 is 0 Å². The molecule has 1 nitrogen and oxygen atoms in total. The second kappa shape index (κ2) is 2.89. The van der Waals surface area contributed by atoms with Crippen LogP contribution in [0.2, 0.25) is 0 Å². The predicted molar refractivity (Wildman–Crippen MR) is 48.7 cm³/mol. The van der Waals surface area contributed by atoms with Gasteiger partial charge in [0.2, 0.25) is 0 Å². The van der Waals surface area contributed by atoms with Gasteiger partial charge in [-0.2, -0.15) is 0 Å². The van der Waals surface area contributed by atoms with Gasteiger partial charge in [-0.3, -0.25) is 4.79 Å². The van der Waals surface area contributed by atoms with Crippen LogP contribution in [0.4, 0.5) is 0 Å². The summed E-state index contributed by atoms with van der Waals surface area (Å²) in [6.07, 6.45) is 10.3. The van der Waals surface area contributed by atoms with E-state index in [9.17, 15) is 4.79 Å². The van der Waals surface area contributed by atoms with Gasteiger partial charge in [0.15, 0.2) is 0 Å². The van der Waals surface area contributed by atoms with Crippen LogP contribution in [0.1, 0.15) is 19.8 Å². The molecule has 12 heavy (non-hydrogen) atoms. The lowest BCUT2D eigenvalue weighted by atomic mass is 9.92. The Hall–Kier alpha value is -0.850. The molecule has 0 aromatic heterocycles. The van der Waals surface area contributed by atoms with Gasteiger partial charge in [0.05, 0.1) is 0 Å². The Bertz CT molecular complexity index is 250. The SMILES string of the molecule is C/C(C=O)=C/C1CC2C=CC1C2. The van der Waals surface area contributed by atoms with E-state index in [1.807, 2.05) is 6.92 Å². The Labute approximate surface area is 73.2 Å². The van der Waals surface area contributed by atoms with Gasteiger partial charge in [0, 0.05) is 0 Å². The van der Waals surface area contributed by atoms with Crippen molar-refractivity contribution in [2.45, 2.75) is 19.8 Å². The first-order valence-electron chi connectivity index (χ1n) is 4.61. The van der Waals surface area contributed by atoms with Crippen LogP contribution >= 0.6 is 0 Å². The summed E-state index contributed by atoms with van der Waals surface area (Å²) in [5.41, 5.74) is 0.890. The molecule has 0 aliphatic heterocycles. The second-order valence-electron chi connectivity index (χ2n) is 3.97. The number of hydrogen-bond donors (Lipinski definition) is 0. The third kappa shape index (κ3) is 1.24. The quantitative estimate of drug-likeness (QED) is 0.346. The highest BCUT2D eigenvalue weighted by Crippen LogP contribution is 2.44. The van der Waals surface area contributed by atoms with Crippen LogP contribution in [0.3, 0.4) is 0 Å². The summed E-state index contributed by atoms with van der Waals surface area (Å²) in [6.45, 7) is 1.89. The van der Waals surface area contributed by atoms with Gasteiger partial charge >= 0.3 is 0 Å². The van der Waals surface area contributed by atoms with E-state index in [0.717, 1.165) is 23.7 Å². The van der Waals surface area contributed by atoms with Crippen molar-refractivity contribution in [1.29, 1.82) is 0 Å². The number of allylic oxidation sites excluding steroid dienone is 4. The number of carbonyl (C=O) groups excluding carboxylic acids is 1. The van der Waals surface area contributed by atoms with E-state index in [-0.39, 0.29) is 0 Å². The maximum absolute atomic E-state index is 10.4. The molecular formula is C11H14O. The Balaban J connectivity index is 2.08. The first-order valence-corrected chi connectivity index (χ1v) is 4.61. The van der Waals surface area contributed by atoms with Crippen molar-refractivity contribution in [3.8, 4) is 0 Å². The molecule has 0 aromatic rings. The van der Waals surface area contributed by atoms with Crippen molar-refractivity contribution in [1.82, 2.24) is 0 Å². The molecule has 0 amide bonds. The van der Waals surface area contributed by atoms with Crippen LogP contribution in [-0.4, -0.2) is 6.29 Å². The van der Waals surface area contributed by atoms with E-state index < -0.39 is 0 Å². The average molecular weight is 162 g/mol. The van der Waals surface area contributed by atoms with Gasteiger partial charge in [-0.05, 0) is 43.1 Å². The molecule has 3 atom stereocenters. The van der Waals surface area contributed by atoms with Gasteiger partial charge in [0.25, 0.3) is 0 Å². The number of fused-ring (bicyclic) bond motifs is 2. The maximum atomic E-state index is 10.4. The van der Waals surface area contributed by atoms with Gasteiger partial charge in [-0.25, -0.2) is 0 Å². The van der Waals surface area contributed by atoms with Crippen LogP contribution in [-0.2, 0) is 4.79 Å². The Kier molecular flexibility index (Phi) is 1.87. The van der Waals surface area contributed by atoms with Crippen molar-refractivity contribution < 1.29 is 4.79 Å². The Morgan fingerprint density at radius 3 is 2.75 bits per heavy atom. The monoisotopic (exact) mass is 162 g/mol. The standard InChI is InChI=1S/C11H14O/c1-8(7-12)4-11-6-9-2-3-10(11)5-9/h2-4,7,9-11H,5-6H2,1H3/b8-4-. The maximum Gasteiger partial charge on any atom is 0.145 e. The minimum absolute atomic E-state index is 0.644. The molecule has 0 N–H and O–H groups in total. The van der Waals surface area contributed by atoms with E-state index in [2.05, 4.69) is 18.2 Å². The fourth-order valence-corrected chi connectivity index (χ4v) is 2.39. The Morgan fingerprint density at radius 1 is 1.42 bits per heavy atom. The topological polar surface area (TPSA) is 17.1 Å². The first kappa shape index (κ1) is 7.78. The summed E-state index contributed by atoms with van der Waals surface area (Å²) in [5, 5.41) is 0. The smallest absolute Gasteiger partial charge is 0.145 e. The molecule has 2 aliphatic carbocycles. The largest absolute Gasteiger partial charge is 0.298 e. The highest BCUT2D eigenvalue weighted by molar-refractivity contribution is 5.72. The van der Waals surface area contributed by atoms with Gasteiger partial charge in [-0.1, -0.05) is 18.2 Å². The van der Waals surface area contributed by atoms with Crippen LogP contribution in [0.5, 0.6) is 0 Å². The normalized spacial score (nSPS) is 39.1. The van der Waals surface area contributed by atoms with Crippen molar-refractivity contribution in [2.24, 2.45) is 17.8 Å². The number of rotatable bonds is 2. The van der Waals surface area contributed by atoms with Crippen LogP contribution in [0.25, 0.3) is 0 Å². The molecule has 2 aliphatic rings. The lowest BCUT2D eigenvalue weighted by molar-refractivity contribution is -0.104. The zero-order valence-electron chi connectivity index (χ0n) is 7.36. The van der Waals surface area contributed by atoms with Gasteiger partial charge in [-0.15, -0.1) is 0 Å². The lowest BCUT2D eigenvalue weighted by Crippen LogP contribution is -2.04. The summed E-state index contributed by atoms with van der Waals surface area (Å²) in [5.74, 6) is 2.17. The average Bonchev–Trinajstić information content (AvgIpc) is 2.64. The summed E-state index contributed by atoms with van der Waals surface area (Å²) in [4.78, 5) is 10.4. The molecule has 0 heterocycles. The van der Waals surface area contributed by atoms with Crippen molar-refractivity contribution >= 4 is 6.29 Å². The van der Waals surface area contributed by atoms with E-state index in [1.165, 1.54) is 12.8 Å². The molecule has 2 rings (SSSR count). The molecule has 0 aromatic carbocycles.